The molecule has 2 atom stereocenters. The van der Waals surface area contributed by atoms with Crippen LogP contribution in [0.2, 0.25) is 0 Å². The van der Waals surface area contributed by atoms with Crippen molar-refractivity contribution in [2.75, 3.05) is 7.05 Å². The van der Waals surface area contributed by atoms with Crippen molar-refractivity contribution in [2.45, 2.75) is 26.3 Å². The minimum absolute atomic E-state index is 0.456. The molecule has 0 radical (unpaired) electrons. The van der Waals surface area contributed by atoms with Gasteiger partial charge in [0.15, 0.2) is 0 Å². The lowest BCUT2D eigenvalue weighted by molar-refractivity contribution is 0.419. The number of rotatable bonds is 3. The summed E-state index contributed by atoms with van der Waals surface area (Å²) in [4.78, 5) is 0. The Kier molecular flexibility index (Phi) is 2.14. The standard InChI is InChI=1S/C11H19N3/c1-11(2)7-8(11)10(12-3)9-5-6-13-14(9)4/h5-6,8,10,12H,7H2,1-4H3. The number of aromatic nitrogens is 2. The molecule has 1 fully saturated rings. The van der Waals surface area contributed by atoms with Crippen molar-refractivity contribution in [1.82, 2.24) is 15.1 Å². The van der Waals surface area contributed by atoms with Gasteiger partial charge in [-0.05, 0) is 30.9 Å². The number of hydrogen-bond acceptors (Lipinski definition) is 2. The molecule has 3 nitrogen and oxygen atoms in total. The zero-order chi connectivity index (χ0) is 10.3. The van der Waals surface area contributed by atoms with Gasteiger partial charge in [0.25, 0.3) is 0 Å². The second kappa shape index (κ2) is 3.09. The molecule has 0 bridgehead atoms. The molecule has 14 heavy (non-hydrogen) atoms. The molecule has 2 unspecified atom stereocenters. The number of aryl methyl sites for hydroxylation is 1. The van der Waals surface area contributed by atoms with E-state index in [-0.39, 0.29) is 0 Å². The molecule has 3 heteroatoms. The Morgan fingerprint density at radius 2 is 2.29 bits per heavy atom. The second-order valence-electron chi connectivity index (χ2n) is 4.95. The van der Waals surface area contributed by atoms with Gasteiger partial charge in [-0.15, -0.1) is 0 Å². The fourth-order valence-corrected chi connectivity index (χ4v) is 2.32. The van der Waals surface area contributed by atoms with Crippen LogP contribution < -0.4 is 5.32 Å². The molecule has 1 aliphatic carbocycles. The van der Waals surface area contributed by atoms with Crippen LogP contribution in [0.5, 0.6) is 0 Å². The third-order valence-electron chi connectivity index (χ3n) is 3.48. The van der Waals surface area contributed by atoms with Gasteiger partial charge in [0, 0.05) is 13.2 Å². The Bertz CT molecular complexity index is 327. The Balaban J connectivity index is 2.20. The highest BCUT2D eigenvalue weighted by Crippen LogP contribution is 2.57. The van der Waals surface area contributed by atoms with E-state index in [0.29, 0.717) is 11.5 Å². The molecule has 78 valence electrons. The summed E-state index contributed by atoms with van der Waals surface area (Å²) in [6, 6.07) is 2.56. The minimum atomic E-state index is 0.456. The van der Waals surface area contributed by atoms with Crippen LogP contribution in [0.3, 0.4) is 0 Å². The van der Waals surface area contributed by atoms with E-state index in [2.05, 4.69) is 30.3 Å². The Hall–Kier alpha value is -0.830. The maximum Gasteiger partial charge on any atom is 0.0553 e. The molecule has 0 amide bonds. The molecule has 1 aromatic heterocycles. The molecule has 1 aromatic rings. The second-order valence-corrected chi connectivity index (χ2v) is 4.95. The summed E-state index contributed by atoms with van der Waals surface area (Å²) < 4.78 is 1.97. The highest BCUT2D eigenvalue weighted by atomic mass is 15.3. The average Bonchev–Trinajstić information content (AvgIpc) is 2.55. The van der Waals surface area contributed by atoms with Gasteiger partial charge in [0.05, 0.1) is 11.7 Å². The van der Waals surface area contributed by atoms with Crippen molar-refractivity contribution in [2.24, 2.45) is 18.4 Å². The Labute approximate surface area is 85.5 Å². The van der Waals surface area contributed by atoms with Gasteiger partial charge in [0.2, 0.25) is 0 Å². The number of hydrogen-bond donors (Lipinski definition) is 1. The summed E-state index contributed by atoms with van der Waals surface area (Å²) in [5.41, 5.74) is 1.79. The van der Waals surface area contributed by atoms with E-state index in [1.54, 1.807) is 0 Å². The number of nitrogens with one attached hydrogen (secondary N) is 1. The quantitative estimate of drug-likeness (QED) is 0.792. The molecule has 0 aliphatic heterocycles. The molecule has 2 rings (SSSR count). The Morgan fingerprint density at radius 1 is 1.64 bits per heavy atom. The molecular weight excluding hydrogens is 174 g/mol. The fraction of sp³-hybridized carbons (Fsp3) is 0.727. The van der Waals surface area contributed by atoms with E-state index in [1.165, 1.54) is 12.1 Å². The van der Waals surface area contributed by atoms with E-state index in [0.717, 1.165) is 5.92 Å². The van der Waals surface area contributed by atoms with Crippen LogP contribution in [0.15, 0.2) is 12.3 Å². The van der Waals surface area contributed by atoms with Crippen LogP contribution in [-0.4, -0.2) is 16.8 Å². The van der Waals surface area contributed by atoms with Gasteiger partial charge < -0.3 is 5.32 Å². The largest absolute Gasteiger partial charge is 0.311 e. The first kappa shape index (κ1) is 9.71. The molecule has 0 spiro atoms. The van der Waals surface area contributed by atoms with E-state index in [9.17, 15) is 0 Å². The van der Waals surface area contributed by atoms with Gasteiger partial charge in [-0.1, -0.05) is 13.8 Å². The van der Waals surface area contributed by atoms with E-state index in [1.807, 2.05) is 25.0 Å². The maximum absolute atomic E-state index is 4.22. The molecular formula is C11H19N3. The lowest BCUT2D eigenvalue weighted by Gasteiger charge is -2.18. The van der Waals surface area contributed by atoms with Crippen molar-refractivity contribution >= 4 is 0 Å². The normalized spacial score (nSPS) is 26.1. The van der Waals surface area contributed by atoms with Crippen LogP contribution >= 0.6 is 0 Å². The molecule has 1 aliphatic rings. The zero-order valence-electron chi connectivity index (χ0n) is 9.41. The van der Waals surface area contributed by atoms with E-state index >= 15 is 0 Å². The first-order chi connectivity index (χ1) is 6.56. The van der Waals surface area contributed by atoms with Crippen molar-refractivity contribution < 1.29 is 0 Å². The predicted octanol–water partition coefficient (Wildman–Crippen LogP) is 1.73. The molecule has 1 saturated carbocycles. The van der Waals surface area contributed by atoms with Crippen molar-refractivity contribution in [3.63, 3.8) is 0 Å². The number of nitrogens with zero attached hydrogens (tertiary/aromatic N) is 2. The van der Waals surface area contributed by atoms with E-state index < -0.39 is 0 Å². The summed E-state index contributed by atoms with van der Waals surface area (Å²) >= 11 is 0. The average molecular weight is 193 g/mol. The molecule has 0 aromatic carbocycles. The van der Waals surface area contributed by atoms with Gasteiger partial charge >= 0.3 is 0 Å². The smallest absolute Gasteiger partial charge is 0.0553 e. The van der Waals surface area contributed by atoms with Crippen molar-refractivity contribution in [3.8, 4) is 0 Å². The fourth-order valence-electron chi connectivity index (χ4n) is 2.32. The summed E-state index contributed by atoms with van der Waals surface area (Å²) in [7, 11) is 4.04. The summed E-state index contributed by atoms with van der Waals surface area (Å²) in [5, 5.41) is 7.62. The minimum Gasteiger partial charge on any atom is -0.311 e. The lowest BCUT2D eigenvalue weighted by Crippen LogP contribution is -2.23. The first-order valence-corrected chi connectivity index (χ1v) is 5.21. The SMILES string of the molecule is CNC(c1ccnn1C)C1CC1(C)C. The molecule has 1 N–H and O–H groups in total. The van der Waals surface area contributed by atoms with Gasteiger partial charge in [-0.3, -0.25) is 4.68 Å². The van der Waals surface area contributed by atoms with Crippen LogP contribution in [0.4, 0.5) is 0 Å². The zero-order valence-corrected chi connectivity index (χ0v) is 9.41. The summed E-state index contributed by atoms with van der Waals surface area (Å²) in [6.07, 6.45) is 3.18. The molecule has 0 saturated heterocycles. The highest BCUT2D eigenvalue weighted by molar-refractivity contribution is 5.14. The van der Waals surface area contributed by atoms with Crippen LogP contribution in [-0.2, 0) is 7.05 Å². The lowest BCUT2D eigenvalue weighted by atomic mass is 10.0. The third-order valence-corrected chi connectivity index (χ3v) is 3.48. The topological polar surface area (TPSA) is 29.9 Å². The van der Waals surface area contributed by atoms with Crippen molar-refractivity contribution in [3.05, 3.63) is 18.0 Å². The summed E-state index contributed by atoms with van der Waals surface area (Å²) in [6.45, 7) is 4.66. The molecule has 1 heterocycles. The van der Waals surface area contributed by atoms with Crippen molar-refractivity contribution in [1.29, 1.82) is 0 Å². The maximum atomic E-state index is 4.22. The first-order valence-electron chi connectivity index (χ1n) is 5.21. The summed E-state index contributed by atoms with van der Waals surface area (Å²) in [5.74, 6) is 0.753. The predicted molar refractivity (Wildman–Crippen MR) is 56.9 cm³/mol. The van der Waals surface area contributed by atoms with Crippen LogP contribution in [0, 0.1) is 11.3 Å². The monoisotopic (exact) mass is 193 g/mol. The third kappa shape index (κ3) is 1.46. The van der Waals surface area contributed by atoms with Crippen LogP contribution in [0.1, 0.15) is 32.0 Å². The Morgan fingerprint density at radius 3 is 2.64 bits per heavy atom. The highest BCUT2D eigenvalue weighted by Gasteiger charge is 2.50. The van der Waals surface area contributed by atoms with Gasteiger partial charge in [0.1, 0.15) is 0 Å². The van der Waals surface area contributed by atoms with E-state index in [4.69, 9.17) is 0 Å². The van der Waals surface area contributed by atoms with Gasteiger partial charge in [-0.25, -0.2) is 0 Å². The van der Waals surface area contributed by atoms with Crippen LogP contribution in [0.25, 0.3) is 0 Å². The van der Waals surface area contributed by atoms with Gasteiger partial charge in [-0.2, -0.15) is 5.10 Å².